The van der Waals surface area contributed by atoms with Crippen LogP contribution in [0.25, 0.3) is 11.2 Å². The third kappa shape index (κ3) is 20.4. The molecule has 34 heteroatoms. The Hall–Kier alpha value is -2.55. The van der Waals surface area contributed by atoms with Gasteiger partial charge < -0.3 is 84.5 Å². The van der Waals surface area contributed by atoms with E-state index < -0.39 is 61.2 Å². The van der Waals surface area contributed by atoms with Crippen molar-refractivity contribution in [3.8, 4) is 0 Å². The number of urea groups is 1. The molecule has 0 saturated carbocycles. The van der Waals surface area contributed by atoms with Crippen molar-refractivity contribution in [2.24, 2.45) is 0 Å². The highest BCUT2D eigenvalue weighted by Crippen LogP contribution is 2.67. The summed E-state index contributed by atoms with van der Waals surface area (Å²) in [5, 5.41) is 30.1. The molecule has 2 aromatic heterocycles. The average molecular weight is 1080 g/mol. The van der Waals surface area contributed by atoms with Crippen molar-refractivity contribution in [3.63, 3.8) is 0 Å². The summed E-state index contributed by atoms with van der Waals surface area (Å²) < 4.78 is 98.7. The minimum atomic E-state index is -5.79. The number of carbonyl (C=O) groups is 2. The smallest absolute Gasteiger partial charge is 0.387 e. The molecule has 3 saturated heterocycles. The second kappa shape index (κ2) is 30.0. The third-order valence-corrected chi connectivity index (χ3v) is 16.0. The van der Waals surface area contributed by atoms with E-state index in [2.05, 4.69) is 48.6 Å². The number of unbranched alkanes of at least 4 members (excludes halogenated alkanes) is 1. The standard InChI is InChI=1S/C36H63N8O22P3S/c37-33-30-34(40-23-39-33)44(24-41-30)35-32(47)31(46)26(64-35)21-63-68(51,52)66-69(53,54)65-67(49,50)62-20-19-61-18-17-60-16-15-59-14-13-58-12-11-57-10-9-56-8-7-55-6-5-38-28(45)4-2-1-3-27-29-25(22-70-27)42-36(48)43-29/h23-27,29,31-32,35,46-47H,1-22H2,(H,38,45)(H,49,50)(H,51,52)(H,53,54)(H2,37,39,40)(H2,42,43,48)/t25-,26+,27-,29-,31+,32+,35+/m0/s1. The quantitative estimate of drug-likeness (QED) is 0.0229. The number of nitrogens with two attached hydrogens (primary N) is 1. The summed E-state index contributed by atoms with van der Waals surface area (Å²) >= 11 is 1.87. The zero-order valence-corrected chi connectivity index (χ0v) is 41.5. The molecule has 0 spiro atoms. The van der Waals surface area contributed by atoms with Crippen LogP contribution in [0.3, 0.4) is 0 Å². The first kappa shape index (κ1) is 58.3. The van der Waals surface area contributed by atoms with Crippen LogP contribution >= 0.6 is 35.2 Å². The first-order valence-corrected chi connectivity index (χ1v) is 27.7. The van der Waals surface area contributed by atoms with Gasteiger partial charge in [0.25, 0.3) is 0 Å². The highest BCUT2D eigenvalue weighted by Gasteiger charge is 2.47. The molecule has 0 aromatic carbocycles. The number of rotatable bonds is 38. The maximum atomic E-state index is 12.4. The minimum absolute atomic E-state index is 0.00202. The zero-order valence-electron chi connectivity index (χ0n) is 38.0. The molecule has 0 aliphatic carbocycles. The minimum Gasteiger partial charge on any atom is -0.387 e. The summed E-state index contributed by atoms with van der Waals surface area (Å²) in [6.45, 7) is 2.67. The van der Waals surface area contributed by atoms with Crippen LogP contribution in [0.1, 0.15) is 31.9 Å². The molecule has 2 aromatic rings. The molecule has 3 amide bonds. The maximum absolute atomic E-state index is 12.4. The maximum Gasteiger partial charge on any atom is 0.490 e. The fraction of sp³-hybridized carbons (Fsp3) is 0.806. The molecule has 0 radical (unpaired) electrons. The van der Waals surface area contributed by atoms with Gasteiger partial charge in [0, 0.05) is 24.0 Å². The highest BCUT2D eigenvalue weighted by atomic mass is 32.2. The van der Waals surface area contributed by atoms with Crippen LogP contribution < -0.4 is 21.7 Å². The number of phosphoric ester groups is 2. The number of fused-ring (bicyclic) bond motifs is 2. The van der Waals surface area contributed by atoms with Gasteiger partial charge in [-0.3, -0.25) is 18.4 Å². The number of aliphatic hydroxyl groups is 2. The molecule has 5 heterocycles. The Bertz CT molecular complexity index is 2050. The lowest BCUT2D eigenvalue weighted by Gasteiger charge is -2.20. The van der Waals surface area contributed by atoms with Gasteiger partial charge in [0.05, 0.1) is 124 Å². The van der Waals surface area contributed by atoms with E-state index in [0.29, 0.717) is 77.7 Å². The number of anilines is 1. The largest absolute Gasteiger partial charge is 0.490 e. The van der Waals surface area contributed by atoms with E-state index in [-0.39, 0.29) is 74.0 Å². The third-order valence-electron chi connectivity index (χ3n) is 10.2. The Kier molecular flexibility index (Phi) is 25.0. The van der Waals surface area contributed by atoms with Crippen molar-refractivity contribution in [3.05, 3.63) is 12.7 Å². The number of hydrogen-bond donors (Lipinski definition) is 9. The fourth-order valence-corrected chi connectivity index (χ4v) is 11.9. The Morgan fingerprint density at radius 1 is 0.757 bits per heavy atom. The average Bonchev–Trinajstić information content (AvgIpc) is 4.07. The van der Waals surface area contributed by atoms with Gasteiger partial charge in [-0.05, 0) is 12.8 Å². The molecule has 10 N–H and O–H groups in total. The van der Waals surface area contributed by atoms with Crippen molar-refractivity contribution >= 4 is 64.2 Å². The topological polar surface area (TPSA) is 403 Å². The second-order valence-electron chi connectivity index (χ2n) is 15.3. The van der Waals surface area contributed by atoms with Crippen molar-refractivity contribution in [2.75, 3.05) is 124 Å². The van der Waals surface area contributed by atoms with Crippen LogP contribution in [0.2, 0.25) is 0 Å². The number of imidazole rings is 1. The van der Waals surface area contributed by atoms with Gasteiger partial charge >= 0.3 is 29.5 Å². The number of ether oxygens (including phenoxy) is 8. The molecule has 3 fully saturated rings. The number of nitrogens with zero attached hydrogens (tertiary/aromatic N) is 4. The normalized spacial score (nSPS) is 24.8. The highest BCUT2D eigenvalue weighted by molar-refractivity contribution is 8.00. The fourth-order valence-electron chi connectivity index (χ4n) is 6.90. The number of amides is 3. The van der Waals surface area contributed by atoms with Gasteiger partial charge in [0.15, 0.2) is 17.7 Å². The summed E-state index contributed by atoms with van der Waals surface area (Å²) in [7, 11) is -16.7. The summed E-state index contributed by atoms with van der Waals surface area (Å²) in [5.41, 5.74) is 6.07. The summed E-state index contributed by atoms with van der Waals surface area (Å²) in [4.78, 5) is 65.0. The van der Waals surface area contributed by atoms with Crippen molar-refractivity contribution in [1.82, 2.24) is 35.5 Å². The Labute approximate surface area is 406 Å². The van der Waals surface area contributed by atoms with Crippen LogP contribution in [0.4, 0.5) is 10.6 Å². The zero-order chi connectivity index (χ0) is 50.4. The first-order chi connectivity index (χ1) is 33.5. The SMILES string of the molecule is Nc1ncnc2c1ncn2[C@@H]1O[C@H](COP(=O)(O)OP(=O)(O)OP(=O)(O)OCCOCCOCCOCCOCCOCCOCCOCCNC(=O)CCCC[C@@H]2SC[C@@H]3NC(=O)N[C@@H]32)[C@@H](O)[C@H]1O. The van der Waals surface area contributed by atoms with Crippen LogP contribution in [0, 0.1) is 0 Å². The lowest BCUT2D eigenvalue weighted by Crippen LogP contribution is -2.36. The summed E-state index contributed by atoms with van der Waals surface area (Å²) in [6, 6.07) is 0.318. The first-order valence-electron chi connectivity index (χ1n) is 22.2. The Morgan fingerprint density at radius 2 is 1.31 bits per heavy atom. The summed E-state index contributed by atoms with van der Waals surface area (Å²) in [5.74, 6) is 0.964. The molecule has 70 heavy (non-hydrogen) atoms. The Morgan fingerprint density at radius 3 is 1.91 bits per heavy atom. The van der Waals surface area contributed by atoms with Gasteiger partial charge in [-0.2, -0.15) is 20.4 Å². The van der Waals surface area contributed by atoms with Crippen molar-refractivity contribution in [2.45, 2.75) is 67.6 Å². The molecular formula is C36H63N8O22P3S. The number of nitrogen functional groups attached to an aromatic ring is 1. The van der Waals surface area contributed by atoms with E-state index in [9.17, 15) is 48.2 Å². The van der Waals surface area contributed by atoms with E-state index in [1.807, 2.05) is 11.8 Å². The van der Waals surface area contributed by atoms with Gasteiger partial charge in [-0.25, -0.2) is 33.4 Å². The molecule has 5 rings (SSSR count). The number of carbonyl (C=O) groups excluding carboxylic acids is 2. The predicted octanol–water partition coefficient (Wildman–Crippen LogP) is -0.646. The van der Waals surface area contributed by atoms with Crippen LogP contribution in [-0.4, -0.2) is 210 Å². The second-order valence-corrected chi connectivity index (χ2v) is 21.2. The number of nitrogens with one attached hydrogen (secondary N) is 3. The van der Waals surface area contributed by atoms with E-state index in [1.165, 1.54) is 10.9 Å². The monoisotopic (exact) mass is 1080 g/mol. The number of hydrogen-bond acceptors (Lipinski definition) is 24. The number of aromatic nitrogens is 4. The predicted molar refractivity (Wildman–Crippen MR) is 242 cm³/mol. The lowest BCUT2D eigenvalue weighted by molar-refractivity contribution is -0.121. The molecule has 0 bridgehead atoms. The van der Waals surface area contributed by atoms with Crippen LogP contribution in [0.5, 0.6) is 0 Å². The van der Waals surface area contributed by atoms with Crippen LogP contribution in [0.15, 0.2) is 12.7 Å². The van der Waals surface area contributed by atoms with Gasteiger partial charge in [0.1, 0.15) is 30.2 Å². The van der Waals surface area contributed by atoms with Gasteiger partial charge in [-0.1, -0.05) is 6.42 Å². The van der Waals surface area contributed by atoms with Crippen molar-refractivity contribution < 1.29 is 104 Å². The van der Waals surface area contributed by atoms with Crippen LogP contribution in [-0.2, 0) is 74.1 Å². The Balaban J connectivity index is 0.745. The number of aliphatic hydroxyl groups excluding tert-OH is 2. The molecule has 3 aliphatic rings. The lowest BCUT2D eigenvalue weighted by atomic mass is 10.0. The number of phosphoric acid groups is 3. The van der Waals surface area contributed by atoms with Gasteiger partial charge in [-0.15, -0.1) is 0 Å². The molecule has 3 aliphatic heterocycles. The molecule has 10 atom stereocenters. The summed E-state index contributed by atoms with van der Waals surface area (Å²) in [6.07, 6.45) is -0.626. The van der Waals surface area contributed by atoms with E-state index in [4.69, 9.17) is 43.6 Å². The van der Waals surface area contributed by atoms with E-state index in [1.54, 1.807) is 0 Å². The number of thioether (sulfide) groups is 1. The van der Waals surface area contributed by atoms with E-state index >= 15 is 0 Å². The molecular weight excluding hydrogens is 1020 g/mol. The molecule has 400 valence electrons. The van der Waals surface area contributed by atoms with E-state index in [0.717, 1.165) is 31.3 Å². The molecule has 30 nitrogen and oxygen atoms in total. The van der Waals surface area contributed by atoms with Gasteiger partial charge in [0.2, 0.25) is 5.91 Å². The van der Waals surface area contributed by atoms with Crippen molar-refractivity contribution in [1.29, 1.82) is 0 Å². The molecule has 3 unspecified atom stereocenters.